The van der Waals surface area contributed by atoms with Crippen LogP contribution in [0, 0.1) is 0 Å². The van der Waals surface area contributed by atoms with Gasteiger partial charge in [-0.25, -0.2) is 0 Å². The molecule has 0 bridgehead atoms. The fourth-order valence-electron chi connectivity index (χ4n) is 4.70. The lowest BCUT2D eigenvalue weighted by atomic mass is 9.93. The Bertz CT molecular complexity index is 1090. The van der Waals surface area contributed by atoms with Crippen molar-refractivity contribution in [3.8, 4) is 11.5 Å². The number of Topliss-reactive ketones (excluding diaryl/α,β-unsaturated/α-hetero) is 1. The Morgan fingerprint density at radius 1 is 0.861 bits per heavy atom. The van der Waals surface area contributed by atoms with Crippen molar-refractivity contribution in [2.75, 3.05) is 32.3 Å². The van der Waals surface area contributed by atoms with Crippen molar-refractivity contribution < 1.29 is 23.7 Å². The summed E-state index contributed by atoms with van der Waals surface area (Å²) in [5, 5.41) is 0. The second-order valence-electron chi connectivity index (χ2n) is 8.99. The predicted molar refractivity (Wildman–Crippen MR) is 141 cm³/mol. The summed E-state index contributed by atoms with van der Waals surface area (Å²) in [5.74, 6) is 1.66. The van der Waals surface area contributed by atoms with Crippen LogP contribution in [-0.4, -0.2) is 45.3 Å². The lowest BCUT2D eigenvalue weighted by Gasteiger charge is -2.42. The number of piperidine rings is 1. The Labute approximate surface area is 213 Å². The number of hydrogen-bond donors (Lipinski definition) is 0. The zero-order valence-electron chi connectivity index (χ0n) is 21.1. The third kappa shape index (κ3) is 6.86. The Hall–Kier alpha value is -3.35. The van der Waals surface area contributed by atoms with Crippen LogP contribution in [0.2, 0.25) is 0 Å². The normalized spacial score (nSPS) is 17.6. The number of carbonyl (C=O) groups excluding carboxylic acids is 1. The first kappa shape index (κ1) is 25.7. The number of para-hydroxylation sites is 2. The van der Waals surface area contributed by atoms with Crippen molar-refractivity contribution in [2.24, 2.45) is 0 Å². The van der Waals surface area contributed by atoms with E-state index in [2.05, 4.69) is 23.1 Å². The first-order valence-corrected chi connectivity index (χ1v) is 12.5. The molecule has 0 amide bonds. The van der Waals surface area contributed by atoms with E-state index in [-0.39, 0.29) is 24.5 Å². The maximum Gasteiger partial charge on any atom is 0.160 e. The van der Waals surface area contributed by atoms with Gasteiger partial charge in [0.1, 0.15) is 18.1 Å². The summed E-state index contributed by atoms with van der Waals surface area (Å²) in [6.45, 7) is 1.80. The van der Waals surface area contributed by atoms with Crippen LogP contribution >= 0.6 is 0 Å². The molecule has 0 aromatic heterocycles. The molecule has 1 aliphatic heterocycles. The van der Waals surface area contributed by atoms with E-state index in [4.69, 9.17) is 18.9 Å². The van der Waals surface area contributed by atoms with Crippen LogP contribution in [-0.2, 0) is 27.5 Å². The topological polar surface area (TPSA) is 57.2 Å². The van der Waals surface area contributed by atoms with Crippen molar-refractivity contribution in [3.05, 3.63) is 90.0 Å². The van der Waals surface area contributed by atoms with Gasteiger partial charge in [0.2, 0.25) is 0 Å². The first-order valence-electron chi connectivity index (χ1n) is 12.5. The molecule has 0 N–H and O–H groups in total. The molecule has 4 rings (SSSR count). The van der Waals surface area contributed by atoms with Gasteiger partial charge >= 0.3 is 0 Å². The summed E-state index contributed by atoms with van der Waals surface area (Å²) in [7, 11) is 3.32. The monoisotopic (exact) mass is 489 g/mol. The number of rotatable bonds is 12. The minimum absolute atomic E-state index is 0.0589. The lowest BCUT2D eigenvalue weighted by molar-refractivity contribution is -0.125. The summed E-state index contributed by atoms with van der Waals surface area (Å²) in [4.78, 5) is 15.4. The van der Waals surface area contributed by atoms with Gasteiger partial charge in [0, 0.05) is 13.0 Å². The van der Waals surface area contributed by atoms with Crippen LogP contribution in [0.15, 0.2) is 78.9 Å². The highest BCUT2D eigenvalue weighted by Crippen LogP contribution is 2.35. The Morgan fingerprint density at radius 2 is 1.58 bits per heavy atom. The molecular formula is C30H35NO5. The summed E-state index contributed by atoms with van der Waals surface area (Å²) in [6.07, 6.45) is 2.16. The van der Waals surface area contributed by atoms with Crippen LogP contribution in [0.5, 0.6) is 11.5 Å². The zero-order valence-corrected chi connectivity index (χ0v) is 21.1. The predicted octanol–water partition coefficient (Wildman–Crippen LogP) is 5.43. The number of ketones is 1. The van der Waals surface area contributed by atoms with Crippen LogP contribution in [0.25, 0.3) is 0 Å². The molecule has 0 saturated carbocycles. The van der Waals surface area contributed by atoms with E-state index in [0.717, 1.165) is 47.7 Å². The van der Waals surface area contributed by atoms with E-state index in [1.54, 1.807) is 14.2 Å². The van der Waals surface area contributed by atoms with E-state index < -0.39 is 0 Å². The number of ether oxygens (including phenoxy) is 4. The average Bonchev–Trinajstić information content (AvgIpc) is 2.93. The summed E-state index contributed by atoms with van der Waals surface area (Å²) in [6, 6.07) is 25.7. The molecule has 1 aliphatic rings. The van der Waals surface area contributed by atoms with E-state index in [9.17, 15) is 4.79 Å². The number of benzene rings is 3. The van der Waals surface area contributed by atoms with Crippen molar-refractivity contribution in [2.45, 2.75) is 44.6 Å². The van der Waals surface area contributed by atoms with Crippen molar-refractivity contribution in [1.82, 2.24) is 0 Å². The highest BCUT2D eigenvalue weighted by atomic mass is 16.5. The molecule has 1 saturated heterocycles. The van der Waals surface area contributed by atoms with E-state index >= 15 is 0 Å². The molecule has 2 atom stereocenters. The van der Waals surface area contributed by atoms with Gasteiger partial charge in [-0.3, -0.25) is 4.79 Å². The quantitative estimate of drug-likeness (QED) is 0.338. The molecule has 0 spiro atoms. The summed E-state index contributed by atoms with van der Waals surface area (Å²) >= 11 is 0. The van der Waals surface area contributed by atoms with Crippen LogP contribution in [0.3, 0.4) is 0 Å². The molecule has 3 aromatic rings. The smallest absolute Gasteiger partial charge is 0.160 e. The van der Waals surface area contributed by atoms with Gasteiger partial charge < -0.3 is 23.8 Å². The maximum atomic E-state index is 13.1. The van der Waals surface area contributed by atoms with Crippen LogP contribution in [0.1, 0.15) is 30.4 Å². The average molecular weight is 490 g/mol. The van der Waals surface area contributed by atoms with Gasteiger partial charge in [0.25, 0.3) is 0 Å². The molecule has 0 radical (unpaired) electrons. The molecule has 6 heteroatoms. The van der Waals surface area contributed by atoms with Crippen LogP contribution in [0.4, 0.5) is 5.69 Å². The van der Waals surface area contributed by atoms with Crippen LogP contribution < -0.4 is 14.4 Å². The molecule has 3 aromatic carbocycles. The Balaban J connectivity index is 1.44. The molecule has 1 fully saturated rings. The Kier molecular flexibility index (Phi) is 9.36. The van der Waals surface area contributed by atoms with E-state index in [1.807, 2.05) is 60.7 Å². The fraction of sp³-hybridized carbons (Fsp3) is 0.367. The third-order valence-electron chi connectivity index (χ3n) is 6.55. The van der Waals surface area contributed by atoms with Crippen molar-refractivity contribution in [3.63, 3.8) is 0 Å². The van der Waals surface area contributed by atoms with Gasteiger partial charge in [-0.15, -0.1) is 0 Å². The van der Waals surface area contributed by atoms with Crippen molar-refractivity contribution in [1.29, 1.82) is 0 Å². The maximum absolute atomic E-state index is 13.1. The zero-order chi connectivity index (χ0) is 25.2. The molecule has 0 unspecified atom stereocenters. The number of carbonyl (C=O) groups is 1. The van der Waals surface area contributed by atoms with Gasteiger partial charge in [-0.1, -0.05) is 54.6 Å². The highest BCUT2D eigenvalue weighted by Gasteiger charge is 2.35. The largest absolute Gasteiger partial charge is 0.497 e. The number of hydrogen-bond acceptors (Lipinski definition) is 6. The molecule has 36 heavy (non-hydrogen) atoms. The van der Waals surface area contributed by atoms with Gasteiger partial charge in [0.15, 0.2) is 5.78 Å². The van der Waals surface area contributed by atoms with Gasteiger partial charge in [-0.05, 0) is 48.2 Å². The molecule has 1 heterocycles. The highest BCUT2D eigenvalue weighted by molar-refractivity contribution is 5.81. The second-order valence-corrected chi connectivity index (χ2v) is 8.99. The minimum atomic E-state index is -0.101. The Morgan fingerprint density at radius 3 is 2.33 bits per heavy atom. The minimum Gasteiger partial charge on any atom is -0.497 e. The van der Waals surface area contributed by atoms with Crippen molar-refractivity contribution >= 4 is 11.5 Å². The molecule has 6 nitrogen and oxygen atoms in total. The summed E-state index contributed by atoms with van der Waals surface area (Å²) < 4.78 is 23.0. The SMILES string of the molecule is COc1ccc(COCC(=O)C[C@H]2[C@@H](OCc3ccccc3)CCCN2c2ccccc2OC)cc1. The van der Waals surface area contributed by atoms with Gasteiger partial charge in [0.05, 0.1) is 45.3 Å². The number of methoxy groups -OCH3 is 2. The summed E-state index contributed by atoms with van der Waals surface area (Å²) in [5.41, 5.74) is 3.12. The lowest BCUT2D eigenvalue weighted by Crippen LogP contribution is -2.50. The number of nitrogens with zero attached hydrogens (tertiary/aromatic N) is 1. The second kappa shape index (κ2) is 13.1. The van der Waals surface area contributed by atoms with Gasteiger partial charge in [-0.2, -0.15) is 0 Å². The fourth-order valence-corrected chi connectivity index (χ4v) is 4.70. The molecule has 190 valence electrons. The first-order chi connectivity index (χ1) is 17.7. The van der Waals surface area contributed by atoms with E-state index in [1.165, 1.54) is 0 Å². The number of anilines is 1. The molecular weight excluding hydrogens is 454 g/mol. The third-order valence-corrected chi connectivity index (χ3v) is 6.55. The standard InChI is InChI=1S/C30H35NO5/c1-33-26-16-14-24(15-17-26)20-35-22-25(32)19-28-30(36-21-23-9-4-3-5-10-23)13-8-18-31(28)27-11-6-7-12-29(27)34-2/h3-7,9-12,14-17,28,30H,8,13,18-22H2,1-2H3/t28-,30-/m0/s1. The van der Waals surface area contributed by atoms with E-state index in [0.29, 0.717) is 19.6 Å². The molecule has 0 aliphatic carbocycles.